The summed E-state index contributed by atoms with van der Waals surface area (Å²) in [5.41, 5.74) is 0.847. The molecule has 0 aliphatic carbocycles. The highest BCUT2D eigenvalue weighted by molar-refractivity contribution is 5.44. The molecule has 1 saturated heterocycles. The normalized spacial score (nSPS) is 20.2. The molecule has 1 fully saturated rings. The van der Waals surface area contributed by atoms with E-state index in [1.165, 1.54) is 19.3 Å². The summed E-state index contributed by atoms with van der Waals surface area (Å²) in [4.78, 5) is 0. The smallest absolute Gasteiger partial charge is 0.164 e. The van der Waals surface area contributed by atoms with Crippen LogP contribution in [0.2, 0.25) is 0 Å². The SMILES string of the molecule is COc1ccn2c(CC3CCCCN3)nnc2c1. The second-order valence-corrected chi connectivity index (χ2v) is 4.76. The van der Waals surface area contributed by atoms with Crippen LogP contribution in [0.5, 0.6) is 5.75 Å². The average molecular weight is 246 g/mol. The predicted molar refractivity (Wildman–Crippen MR) is 68.9 cm³/mol. The maximum Gasteiger partial charge on any atom is 0.164 e. The van der Waals surface area contributed by atoms with Crippen LogP contribution in [0.4, 0.5) is 0 Å². The molecule has 0 aromatic carbocycles. The third-order valence-corrected chi connectivity index (χ3v) is 3.53. The van der Waals surface area contributed by atoms with Crippen molar-refractivity contribution >= 4 is 5.65 Å². The Kier molecular flexibility index (Phi) is 3.15. The van der Waals surface area contributed by atoms with Crippen molar-refractivity contribution in [3.05, 3.63) is 24.2 Å². The molecule has 0 bridgehead atoms. The summed E-state index contributed by atoms with van der Waals surface area (Å²) in [5.74, 6) is 1.84. The number of fused-ring (bicyclic) bond motifs is 1. The lowest BCUT2D eigenvalue weighted by molar-refractivity contribution is 0.393. The standard InChI is InChI=1S/C13H18N4O/c1-18-11-5-7-17-12(15-16-13(17)9-11)8-10-4-2-3-6-14-10/h5,7,9-10,14H,2-4,6,8H2,1H3. The van der Waals surface area contributed by atoms with Gasteiger partial charge in [0.15, 0.2) is 5.65 Å². The van der Waals surface area contributed by atoms with Gasteiger partial charge in [-0.15, -0.1) is 10.2 Å². The highest BCUT2D eigenvalue weighted by Crippen LogP contribution is 2.16. The minimum atomic E-state index is 0.535. The molecule has 0 amide bonds. The summed E-state index contributed by atoms with van der Waals surface area (Å²) in [5, 5.41) is 12.0. The Labute approximate surface area is 106 Å². The van der Waals surface area contributed by atoms with Gasteiger partial charge in [-0.05, 0) is 25.5 Å². The Bertz CT molecular complexity index is 531. The largest absolute Gasteiger partial charge is 0.497 e. The maximum atomic E-state index is 5.19. The molecule has 18 heavy (non-hydrogen) atoms. The molecule has 2 aromatic rings. The molecule has 2 aromatic heterocycles. The monoisotopic (exact) mass is 246 g/mol. The number of rotatable bonds is 3. The van der Waals surface area contributed by atoms with Gasteiger partial charge in [-0.3, -0.25) is 4.40 Å². The molecule has 0 saturated carbocycles. The summed E-state index contributed by atoms with van der Waals surface area (Å²) in [6, 6.07) is 4.38. The second-order valence-electron chi connectivity index (χ2n) is 4.76. The topological polar surface area (TPSA) is 51.5 Å². The molecule has 1 atom stereocenters. The molecule has 1 unspecified atom stereocenters. The number of nitrogens with one attached hydrogen (secondary N) is 1. The fraction of sp³-hybridized carbons (Fsp3) is 0.538. The van der Waals surface area contributed by atoms with E-state index < -0.39 is 0 Å². The van der Waals surface area contributed by atoms with Gasteiger partial charge in [-0.2, -0.15) is 0 Å². The van der Waals surface area contributed by atoms with Crippen molar-refractivity contribution in [2.24, 2.45) is 0 Å². The third-order valence-electron chi connectivity index (χ3n) is 3.53. The Balaban J connectivity index is 1.83. The van der Waals surface area contributed by atoms with Crippen LogP contribution < -0.4 is 10.1 Å². The van der Waals surface area contributed by atoms with Gasteiger partial charge in [0, 0.05) is 24.7 Å². The lowest BCUT2D eigenvalue weighted by Crippen LogP contribution is -2.36. The summed E-state index contributed by atoms with van der Waals surface area (Å²) in [7, 11) is 1.66. The van der Waals surface area contributed by atoms with E-state index in [0.717, 1.165) is 30.2 Å². The van der Waals surface area contributed by atoms with Crippen LogP contribution in [0, 0.1) is 0 Å². The minimum absolute atomic E-state index is 0.535. The average Bonchev–Trinajstić information content (AvgIpc) is 2.82. The van der Waals surface area contributed by atoms with E-state index in [-0.39, 0.29) is 0 Å². The lowest BCUT2D eigenvalue weighted by atomic mass is 10.0. The molecule has 1 aliphatic heterocycles. The van der Waals surface area contributed by atoms with Gasteiger partial charge in [0.25, 0.3) is 0 Å². The first-order chi connectivity index (χ1) is 8.86. The number of nitrogens with zero attached hydrogens (tertiary/aromatic N) is 3. The van der Waals surface area contributed by atoms with Crippen LogP contribution in [0.1, 0.15) is 25.1 Å². The maximum absolute atomic E-state index is 5.19. The van der Waals surface area contributed by atoms with Crippen LogP contribution >= 0.6 is 0 Å². The van der Waals surface area contributed by atoms with Crippen molar-refractivity contribution in [1.82, 2.24) is 19.9 Å². The minimum Gasteiger partial charge on any atom is -0.497 e. The van der Waals surface area contributed by atoms with Gasteiger partial charge in [0.2, 0.25) is 0 Å². The summed E-state index contributed by atoms with van der Waals surface area (Å²) in [6.45, 7) is 1.12. The van der Waals surface area contributed by atoms with Gasteiger partial charge in [-0.1, -0.05) is 6.42 Å². The first kappa shape index (κ1) is 11.5. The zero-order valence-electron chi connectivity index (χ0n) is 10.6. The predicted octanol–water partition coefficient (Wildman–Crippen LogP) is 1.42. The first-order valence-corrected chi connectivity index (χ1v) is 6.48. The molecule has 3 heterocycles. The highest BCUT2D eigenvalue weighted by Gasteiger charge is 2.16. The van der Waals surface area contributed by atoms with Gasteiger partial charge in [-0.25, -0.2) is 0 Å². The molecule has 0 spiro atoms. The van der Waals surface area contributed by atoms with Gasteiger partial charge < -0.3 is 10.1 Å². The third kappa shape index (κ3) is 2.18. The number of ether oxygens (including phenoxy) is 1. The Morgan fingerprint density at radius 3 is 3.17 bits per heavy atom. The van der Waals surface area contributed by atoms with E-state index in [0.29, 0.717) is 6.04 Å². The fourth-order valence-electron chi connectivity index (χ4n) is 2.51. The van der Waals surface area contributed by atoms with Crippen LogP contribution in [-0.2, 0) is 6.42 Å². The van der Waals surface area contributed by atoms with E-state index >= 15 is 0 Å². The van der Waals surface area contributed by atoms with E-state index in [1.807, 2.05) is 22.7 Å². The van der Waals surface area contributed by atoms with Crippen LogP contribution in [0.3, 0.4) is 0 Å². The van der Waals surface area contributed by atoms with E-state index in [9.17, 15) is 0 Å². The first-order valence-electron chi connectivity index (χ1n) is 6.48. The summed E-state index contributed by atoms with van der Waals surface area (Å²) in [6.07, 6.45) is 6.74. The van der Waals surface area contributed by atoms with E-state index in [1.54, 1.807) is 7.11 Å². The number of methoxy groups -OCH3 is 1. The van der Waals surface area contributed by atoms with Crippen molar-refractivity contribution in [1.29, 1.82) is 0 Å². The summed E-state index contributed by atoms with van der Waals surface area (Å²) < 4.78 is 7.23. The Hall–Kier alpha value is -1.62. The second kappa shape index (κ2) is 4.94. The quantitative estimate of drug-likeness (QED) is 0.890. The van der Waals surface area contributed by atoms with E-state index in [2.05, 4.69) is 15.5 Å². The number of pyridine rings is 1. The molecular formula is C13H18N4O. The van der Waals surface area contributed by atoms with E-state index in [4.69, 9.17) is 4.74 Å². The van der Waals surface area contributed by atoms with Crippen molar-refractivity contribution in [3.8, 4) is 5.75 Å². The van der Waals surface area contributed by atoms with Crippen molar-refractivity contribution in [2.45, 2.75) is 31.7 Å². The molecule has 5 heteroatoms. The molecule has 1 aliphatic rings. The number of piperidine rings is 1. The van der Waals surface area contributed by atoms with Crippen LogP contribution in [0.15, 0.2) is 18.3 Å². The summed E-state index contributed by atoms with van der Waals surface area (Å²) >= 11 is 0. The molecular weight excluding hydrogens is 228 g/mol. The Morgan fingerprint density at radius 2 is 2.39 bits per heavy atom. The number of hydrogen-bond donors (Lipinski definition) is 1. The van der Waals surface area contributed by atoms with Gasteiger partial charge >= 0.3 is 0 Å². The van der Waals surface area contributed by atoms with Crippen molar-refractivity contribution in [3.63, 3.8) is 0 Å². The van der Waals surface area contributed by atoms with Crippen molar-refractivity contribution < 1.29 is 4.74 Å². The lowest BCUT2D eigenvalue weighted by Gasteiger charge is -2.22. The molecule has 1 N–H and O–H groups in total. The van der Waals surface area contributed by atoms with Crippen LogP contribution in [-0.4, -0.2) is 34.3 Å². The van der Waals surface area contributed by atoms with Gasteiger partial charge in [0.05, 0.1) is 7.11 Å². The molecule has 5 nitrogen and oxygen atoms in total. The zero-order chi connectivity index (χ0) is 12.4. The highest BCUT2D eigenvalue weighted by atomic mass is 16.5. The number of aromatic nitrogens is 3. The Morgan fingerprint density at radius 1 is 1.44 bits per heavy atom. The number of hydrogen-bond acceptors (Lipinski definition) is 4. The molecule has 3 rings (SSSR count). The fourth-order valence-corrected chi connectivity index (χ4v) is 2.51. The van der Waals surface area contributed by atoms with Gasteiger partial charge in [0.1, 0.15) is 11.6 Å². The molecule has 0 radical (unpaired) electrons. The molecule has 96 valence electrons. The zero-order valence-corrected chi connectivity index (χ0v) is 10.6. The van der Waals surface area contributed by atoms with Crippen LogP contribution in [0.25, 0.3) is 5.65 Å². The van der Waals surface area contributed by atoms with Crippen molar-refractivity contribution in [2.75, 3.05) is 13.7 Å².